The number of nitrogens with zero attached hydrogens (tertiary/aromatic N) is 3. The number of aliphatic imine (C=N–C) groups is 1. The van der Waals surface area contributed by atoms with E-state index < -0.39 is 0 Å². The number of carbonyl (C=O) groups is 1. The molecule has 1 atom stereocenters. The fourth-order valence-corrected chi connectivity index (χ4v) is 4.10. The maximum absolute atomic E-state index is 13.1. The smallest absolute Gasteiger partial charge is 0.328 e. The van der Waals surface area contributed by atoms with E-state index in [4.69, 9.17) is 10.1 Å². The van der Waals surface area contributed by atoms with Crippen LogP contribution in [0.25, 0.3) is 21.9 Å². The number of imidazole rings is 1. The molecule has 1 aliphatic rings. The molecular formula is C23H25N7O2. The maximum Gasteiger partial charge on any atom is 0.328 e. The molecule has 0 aliphatic carbocycles. The van der Waals surface area contributed by atoms with Crippen molar-refractivity contribution in [3.8, 4) is 0 Å². The lowest BCUT2D eigenvalue weighted by Crippen LogP contribution is -2.29. The van der Waals surface area contributed by atoms with Gasteiger partial charge in [0.25, 0.3) is 0 Å². The fourth-order valence-electron chi connectivity index (χ4n) is 4.10. The Hall–Kier alpha value is -3.69. The van der Waals surface area contributed by atoms with Crippen molar-refractivity contribution in [2.24, 2.45) is 4.99 Å². The van der Waals surface area contributed by atoms with Crippen LogP contribution in [0.3, 0.4) is 0 Å². The van der Waals surface area contributed by atoms with Gasteiger partial charge in [-0.25, -0.2) is 9.78 Å². The number of nitrogens with one attached hydrogen (secondary N) is 4. The van der Waals surface area contributed by atoms with Gasteiger partial charge in [0.15, 0.2) is 0 Å². The molecule has 32 heavy (non-hydrogen) atoms. The Bertz CT molecular complexity index is 1280. The number of urea groups is 1. The lowest BCUT2D eigenvalue weighted by molar-refractivity contribution is 0.252. The molecular weight excluding hydrogens is 406 g/mol. The molecule has 1 unspecified atom stereocenters. The molecule has 1 saturated heterocycles. The number of H-pyrrole nitrogens is 2. The molecule has 5 N–H and O–H groups in total. The van der Waals surface area contributed by atoms with Gasteiger partial charge in [-0.1, -0.05) is 6.07 Å². The van der Waals surface area contributed by atoms with Gasteiger partial charge in [-0.2, -0.15) is 0 Å². The quantitative estimate of drug-likeness (QED) is 0.275. The second-order valence-corrected chi connectivity index (χ2v) is 7.73. The van der Waals surface area contributed by atoms with E-state index in [-0.39, 0.29) is 18.7 Å². The summed E-state index contributed by atoms with van der Waals surface area (Å²) in [7, 11) is 0. The van der Waals surface area contributed by atoms with Crippen LogP contribution in [0.5, 0.6) is 0 Å². The minimum absolute atomic E-state index is 0.115. The number of amides is 2. The standard InChI is InChI=1S/C23H25N7O2/c31-11-10-24-7-1-8-26-22-21(16-2-4-18-15(12-16)6-9-25-18)30(23(32)29-22)17-3-5-19-20(13-17)28-14-27-19/h2-6,9,12-14,21,24-25,31H,1,7-8,10-11H2,(H,27,28)(H,26,29,32). The zero-order valence-corrected chi connectivity index (χ0v) is 17.5. The molecule has 2 amide bonds. The highest BCUT2D eigenvalue weighted by molar-refractivity contribution is 6.17. The molecule has 0 bridgehead atoms. The Morgan fingerprint density at radius 2 is 2.03 bits per heavy atom. The summed E-state index contributed by atoms with van der Waals surface area (Å²) in [5.74, 6) is 0.636. The molecule has 9 heteroatoms. The Morgan fingerprint density at radius 3 is 2.94 bits per heavy atom. The number of fused-ring (bicyclic) bond motifs is 2. The van der Waals surface area contributed by atoms with E-state index in [1.54, 1.807) is 11.2 Å². The molecule has 4 aromatic rings. The number of amidine groups is 1. The third kappa shape index (κ3) is 3.83. The number of benzene rings is 2. The highest BCUT2D eigenvalue weighted by Gasteiger charge is 2.39. The highest BCUT2D eigenvalue weighted by Crippen LogP contribution is 2.34. The second kappa shape index (κ2) is 8.81. The van der Waals surface area contributed by atoms with E-state index in [9.17, 15) is 4.79 Å². The summed E-state index contributed by atoms with van der Waals surface area (Å²) in [5.41, 5.74) is 4.52. The van der Waals surface area contributed by atoms with Crippen molar-refractivity contribution in [2.45, 2.75) is 12.5 Å². The van der Waals surface area contributed by atoms with Gasteiger partial charge in [0, 0.05) is 30.5 Å². The number of rotatable bonds is 8. The van der Waals surface area contributed by atoms with Gasteiger partial charge in [-0.05, 0) is 60.3 Å². The first kappa shape index (κ1) is 20.2. The SMILES string of the molecule is O=C1NC(=NCCCNCCO)C(c2ccc3[nH]ccc3c2)N1c1ccc2nc[nH]c2c1. The molecule has 0 radical (unpaired) electrons. The summed E-state index contributed by atoms with van der Waals surface area (Å²) in [6, 6.07) is 13.4. The van der Waals surface area contributed by atoms with Crippen molar-refractivity contribution in [3.63, 3.8) is 0 Å². The van der Waals surface area contributed by atoms with Crippen LogP contribution in [-0.2, 0) is 0 Å². The third-order valence-electron chi connectivity index (χ3n) is 5.63. The number of carbonyl (C=O) groups excluding carboxylic acids is 1. The zero-order chi connectivity index (χ0) is 21.9. The number of aromatic nitrogens is 3. The number of hydrogen-bond donors (Lipinski definition) is 5. The van der Waals surface area contributed by atoms with Gasteiger partial charge >= 0.3 is 6.03 Å². The van der Waals surface area contributed by atoms with Crippen LogP contribution in [0.15, 0.2) is 60.0 Å². The molecule has 0 spiro atoms. The van der Waals surface area contributed by atoms with Gasteiger partial charge in [0.2, 0.25) is 0 Å². The molecule has 164 valence electrons. The van der Waals surface area contributed by atoms with Crippen molar-refractivity contribution in [3.05, 3.63) is 60.6 Å². The number of aliphatic hydroxyl groups is 1. The predicted octanol–water partition coefficient (Wildman–Crippen LogP) is 2.69. The first-order valence-electron chi connectivity index (χ1n) is 10.7. The molecule has 2 aromatic heterocycles. The molecule has 9 nitrogen and oxygen atoms in total. The van der Waals surface area contributed by atoms with Crippen molar-refractivity contribution in [1.82, 2.24) is 25.6 Å². The molecule has 3 heterocycles. The molecule has 2 aromatic carbocycles. The van der Waals surface area contributed by atoms with Crippen molar-refractivity contribution >= 4 is 39.5 Å². The van der Waals surface area contributed by atoms with Gasteiger partial charge in [-0.15, -0.1) is 0 Å². The van der Waals surface area contributed by atoms with Gasteiger partial charge in [0.1, 0.15) is 11.9 Å². The number of hydrogen-bond acceptors (Lipinski definition) is 5. The minimum atomic E-state index is -0.354. The molecule has 5 rings (SSSR count). The van der Waals surface area contributed by atoms with Crippen LogP contribution in [0.4, 0.5) is 10.5 Å². The fraction of sp³-hybridized carbons (Fsp3) is 0.261. The second-order valence-electron chi connectivity index (χ2n) is 7.73. The minimum Gasteiger partial charge on any atom is -0.395 e. The summed E-state index contributed by atoms with van der Waals surface area (Å²) in [4.78, 5) is 30.2. The first-order valence-corrected chi connectivity index (χ1v) is 10.7. The highest BCUT2D eigenvalue weighted by atomic mass is 16.3. The van der Waals surface area contributed by atoms with Crippen molar-refractivity contribution in [2.75, 3.05) is 31.1 Å². The van der Waals surface area contributed by atoms with Gasteiger partial charge in [-0.3, -0.25) is 15.2 Å². The number of anilines is 1. The monoisotopic (exact) mass is 431 g/mol. The Labute approximate surface area is 184 Å². The average Bonchev–Trinajstić information content (AvgIpc) is 3.53. The summed E-state index contributed by atoms with van der Waals surface area (Å²) < 4.78 is 0. The summed E-state index contributed by atoms with van der Waals surface area (Å²) in [6.07, 6.45) is 4.36. The molecule has 1 aliphatic heterocycles. The number of aromatic amines is 2. The molecule has 0 saturated carbocycles. The van der Waals surface area contributed by atoms with Crippen LogP contribution in [0.1, 0.15) is 18.0 Å². The number of aliphatic hydroxyl groups excluding tert-OH is 1. The maximum atomic E-state index is 13.1. The van der Waals surface area contributed by atoms with Crippen LogP contribution >= 0.6 is 0 Å². The van der Waals surface area contributed by atoms with Gasteiger partial charge in [0.05, 0.1) is 24.0 Å². The lowest BCUT2D eigenvalue weighted by Gasteiger charge is -2.23. The predicted molar refractivity (Wildman–Crippen MR) is 125 cm³/mol. The Kier molecular flexibility index (Phi) is 5.57. The van der Waals surface area contributed by atoms with Crippen LogP contribution in [-0.4, -0.2) is 58.2 Å². The molecule has 1 fully saturated rings. The van der Waals surface area contributed by atoms with Crippen molar-refractivity contribution in [1.29, 1.82) is 0 Å². The zero-order valence-electron chi connectivity index (χ0n) is 17.5. The summed E-state index contributed by atoms with van der Waals surface area (Å²) in [6.45, 7) is 2.01. The van der Waals surface area contributed by atoms with Crippen LogP contribution in [0, 0.1) is 0 Å². The van der Waals surface area contributed by atoms with Crippen LogP contribution in [0.2, 0.25) is 0 Å². The Morgan fingerprint density at radius 1 is 1.09 bits per heavy atom. The van der Waals surface area contributed by atoms with E-state index in [1.165, 1.54) is 0 Å². The Balaban J connectivity index is 1.49. The van der Waals surface area contributed by atoms with Crippen LogP contribution < -0.4 is 15.5 Å². The van der Waals surface area contributed by atoms with E-state index in [2.05, 4.69) is 31.7 Å². The first-order chi connectivity index (χ1) is 15.7. The summed E-state index contributed by atoms with van der Waals surface area (Å²) >= 11 is 0. The lowest BCUT2D eigenvalue weighted by atomic mass is 10.0. The van der Waals surface area contributed by atoms with E-state index in [1.807, 2.05) is 42.6 Å². The van der Waals surface area contributed by atoms with E-state index in [0.717, 1.165) is 46.2 Å². The van der Waals surface area contributed by atoms with E-state index in [0.29, 0.717) is 18.9 Å². The van der Waals surface area contributed by atoms with Crippen molar-refractivity contribution < 1.29 is 9.90 Å². The van der Waals surface area contributed by atoms with E-state index >= 15 is 0 Å². The largest absolute Gasteiger partial charge is 0.395 e. The normalized spacial score (nSPS) is 17.7. The summed E-state index contributed by atoms with van der Waals surface area (Å²) in [5, 5.41) is 16.1. The third-order valence-corrected chi connectivity index (χ3v) is 5.63. The van der Waals surface area contributed by atoms with Gasteiger partial charge < -0.3 is 20.4 Å². The topological polar surface area (TPSA) is 121 Å². The average molecular weight is 432 g/mol.